The van der Waals surface area contributed by atoms with E-state index in [1.165, 1.54) is 25.0 Å². The molecule has 0 saturated carbocycles. The van der Waals surface area contributed by atoms with Crippen molar-refractivity contribution in [3.05, 3.63) is 35.6 Å². The Morgan fingerprint density at radius 3 is 2.53 bits per heavy atom. The molecule has 2 nitrogen and oxygen atoms in total. The number of unbranched alkanes of at least 4 members (excludes halogenated alkanes) is 1. The van der Waals surface area contributed by atoms with Gasteiger partial charge in [-0.15, -0.1) is 0 Å². The van der Waals surface area contributed by atoms with Crippen LogP contribution in [0, 0.1) is 5.82 Å². The fraction of sp³-hybridized carbons (Fsp3) is 0.571. The highest BCUT2D eigenvalue weighted by molar-refractivity contribution is 5.18. The first-order chi connectivity index (χ1) is 8.13. The van der Waals surface area contributed by atoms with Crippen molar-refractivity contribution in [1.82, 2.24) is 5.32 Å². The fourth-order valence-electron chi connectivity index (χ4n) is 1.73. The molecule has 17 heavy (non-hydrogen) atoms. The summed E-state index contributed by atoms with van der Waals surface area (Å²) in [5.74, 6) is -0.273. The van der Waals surface area contributed by atoms with E-state index < -0.39 is 6.10 Å². The predicted molar refractivity (Wildman–Crippen MR) is 68.3 cm³/mol. The van der Waals surface area contributed by atoms with Crippen molar-refractivity contribution in [3.8, 4) is 0 Å². The van der Waals surface area contributed by atoms with Crippen molar-refractivity contribution in [2.75, 3.05) is 6.54 Å². The first-order valence-electron chi connectivity index (χ1n) is 6.30. The summed E-state index contributed by atoms with van der Waals surface area (Å²) in [6.07, 6.45) is 2.93. The van der Waals surface area contributed by atoms with E-state index in [0.29, 0.717) is 12.6 Å². The Balaban J connectivity index is 2.34. The lowest BCUT2D eigenvalue weighted by atomic mass is 10.1. The maximum atomic E-state index is 12.7. The predicted octanol–water partition coefficient (Wildman–Crippen LogP) is 3.03. The maximum Gasteiger partial charge on any atom is 0.123 e. The Bertz CT molecular complexity index is 313. The van der Waals surface area contributed by atoms with E-state index in [1.807, 2.05) is 0 Å². The van der Waals surface area contributed by atoms with Crippen LogP contribution in [-0.4, -0.2) is 17.7 Å². The molecular weight excluding hydrogens is 217 g/mol. The van der Waals surface area contributed by atoms with E-state index in [-0.39, 0.29) is 5.82 Å². The molecule has 2 N–H and O–H groups in total. The van der Waals surface area contributed by atoms with Crippen LogP contribution in [0.3, 0.4) is 0 Å². The second-order valence-corrected chi connectivity index (χ2v) is 4.52. The Labute approximate surface area is 103 Å². The molecule has 0 aliphatic carbocycles. The van der Waals surface area contributed by atoms with Crippen molar-refractivity contribution >= 4 is 0 Å². The summed E-state index contributed by atoms with van der Waals surface area (Å²) in [4.78, 5) is 0. The molecule has 2 unspecified atom stereocenters. The summed E-state index contributed by atoms with van der Waals surface area (Å²) < 4.78 is 12.7. The van der Waals surface area contributed by atoms with Gasteiger partial charge in [-0.05, 0) is 31.0 Å². The number of benzene rings is 1. The van der Waals surface area contributed by atoms with Crippen LogP contribution in [0.1, 0.15) is 44.8 Å². The molecule has 1 rings (SSSR count). The Hall–Kier alpha value is -0.930. The van der Waals surface area contributed by atoms with Gasteiger partial charge in [-0.2, -0.15) is 0 Å². The summed E-state index contributed by atoms with van der Waals surface area (Å²) in [5, 5.41) is 13.2. The molecule has 0 aromatic heterocycles. The second-order valence-electron chi connectivity index (χ2n) is 4.52. The van der Waals surface area contributed by atoms with E-state index in [9.17, 15) is 9.50 Å². The number of rotatable bonds is 7. The molecule has 0 aliphatic heterocycles. The summed E-state index contributed by atoms with van der Waals surface area (Å²) in [6, 6.07) is 6.40. The minimum atomic E-state index is -0.570. The van der Waals surface area contributed by atoms with E-state index in [4.69, 9.17) is 0 Å². The summed E-state index contributed by atoms with van der Waals surface area (Å²) in [5.41, 5.74) is 0.751. The molecule has 1 aromatic rings. The van der Waals surface area contributed by atoms with Gasteiger partial charge in [-0.1, -0.05) is 31.9 Å². The van der Waals surface area contributed by atoms with Crippen molar-refractivity contribution < 1.29 is 9.50 Å². The minimum Gasteiger partial charge on any atom is -0.387 e. The first kappa shape index (κ1) is 14.1. The van der Waals surface area contributed by atoms with Crippen LogP contribution in [0.4, 0.5) is 4.39 Å². The standard InChI is InChI=1S/C14H22FNO/c1-3-4-5-11(2)16-10-14(17)12-6-8-13(15)9-7-12/h6-9,11,14,16-17H,3-5,10H2,1-2H3. The third kappa shape index (κ3) is 5.29. The van der Waals surface area contributed by atoms with Crippen LogP contribution < -0.4 is 5.32 Å². The molecule has 3 heteroatoms. The van der Waals surface area contributed by atoms with Crippen molar-refractivity contribution in [2.45, 2.75) is 45.3 Å². The highest BCUT2D eigenvalue weighted by Gasteiger charge is 2.09. The van der Waals surface area contributed by atoms with Crippen LogP contribution >= 0.6 is 0 Å². The van der Waals surface area contributed by atoms with E-state index >= 15 is 0 Å². The van der Waals surface area contributed by atoms with Gasteiger partial charge in [0.05, 0.1) is 6.10 Å². The lowest BCUT2D eigenvalue weighted by Gasteiger charge is -2.17. The van der Waals surface area contributed by atoms with Gasteiger partial charge in [0.1, 0.15) is 5.82 Å². The summed E-state index contributed by atoms with van der Waals surface area (Å²) in [6.45, 7) is 4.80. The molecule has 0 amide bonds. The molecule has 96 valence electrons. The normalized spacial score (nSPS) is 14.6. The van der Waals surface area contributed by atoms with Crippen molar-refractivity contribution in [1.29, 1.82) is 0 Å². The monoisotopic (exact) mass is 239 g/mol. The minimum absolute atomic E-state index is 0.273. The SMILES string of the molecule is CCCCC(C)NCC(O)c1ccc(F)cc1. The number of nitrogens with one attached hydrogen (secondary N) is 1. The third-order valence-electron chi connectivity index (χ3n) is 2.91. The number of aliphatic hydroxyl groups excluding tert-OH is 1. The highest BCUT2D eigenvalue weighted by Crippen LogP contribution is 2.13. The highest BCUT2D eigenvalue weighted by atomic mass is 19.1. The zero-order valence-electron chi connectivity index (χ0n) is 10.6. The molecule has 0 heterocycles. The van der Waals surface area contributed by atoms with E-state index in [2.05, 4.69) is 19.2 Å². The largest absolute Gasteiger partial charge is 0.387 e. The Morgan fingerprint density at radius 2 is 1.94 bits per heavy atom. The van der Waals surface area contributed by atoms with Crippen LogP contribution in [0.15, 0.2) is 24.3 Å². The van der Waals surface area contributed by atoms with Gasteiger partial charge >= 0.3 is 0 Å². The molecular formula is C14H22FNO. The number of aliphatic hydroxyl groups is 1. The van der Waals surface area contributed by atoms with E-state index in [0.717, 1.165) is 12.0 Å². The zero-order valence-corrected chi connectivity index (χ0v) is 10.6. The van der Waals surface area contributed by atoms with Gasteiger partial charge in [-0.25, -0.2) is 4.39 Å². The summed E-state index contributed by atoms with van der Waals surface area (Å²) in [7, 11) is 0. The number of hydrogen-bond acceptors (Lipinski definition) is 2. The fourth-order valence-corrected chi connectivity index (χ4v) is 1.73. The number of halogens is 1. The molecule has 0 aliphatic rings. The summed E-state index contributed by atoms with van der Waals surface area (Å²) >= 11 is 0. The molecule has 2 atom stereocenters. The molecule has 0 radical (unpaired) electrons. The topological polar surface area (TPSA) is 32.3 Å². The van der Waals surface area contributed by atoms with Crippen molar-refractivity contribution in [2.24, 2.45) is 0 Å². The van der Waals surface area contributed by atoms with Crippen LogP contribution in [-0.2, 0) is 0 Å². The quantitative estimate of drug-likeness (QED) is 0.766. The van der Waals surface area contributed by atoms with Crippen LogP contribution in [0.2, 0.25) is 0 Å². The molecule has 0 fully saturated rings. The van der Waals surface area contributed by atoms with Gasteiger partial charge in [-0.3, -0.25) is 0 Å². The third-order valence-corrected chi connectivity index (χ3v) is 2.91. The van der Waals surface area contributed by atoms with Crippen molar-refractivity contribution in [3.63, 3.8) is 0 Å². The average molecular weight is 239 g/mol. The molecule has 0 saturated heterocycles. The average Bonchev–Trinajstić information content (AvgIpc) is 2.34. The molecule has 0 bridgehead atoms. The zero-order chi connectivity index (χ0) is 12.7. The lowest BCUT2D eigenvalue weighted by Crippen LogP contribution is -2.30. The van der Waals surface area contributed by atoms with Gasteiger partial charge in [0.15, 0.2) is 0 Å². The van der Waals surface area contributed by atoms with E-state index in [1.54, 1.807) is 12.1 Å². The van der Waals surface area contributed by atoms with Gasteiger partial charge < -0.3 is 10.4 Å². The Kier molecular flexibility index (Phi) is 6.16. The van der Waals surface area contributed by atoms with Gasteiger partial charge in [0, 0.05) is 12.6 Å². The molecule has 1 aromatic carbocycles. The molecule has 0 spiro atoms. The van der Waals surface area contributed by atoms with Crippen LogP contribution in [0.25, 0.3) is 0 Å². The lowest BCUT2D eigenvalue weighted by molar-refractivity contribution is 0.169. The first-order valence-corrected chi connectivity index (χ1v) is 6.30. The smallest absolute Gasteiger partial charge is 0.123 e. The Morgan fingerprint density at radius 1 is 1.29 bits per heavy atom. The number of hydrogen-bond donors (Lipinski definition) is 2. The van der Waals surface area contributed by atoms with Gasteiger partial charge in [0.2, 0.25) is 0 Å². The maximum absolute atomic E-state index is 12.7. The van der Waals surface area contributed by atoms with Gasteiger partial charge in [0.25, 0.3) is 0 Å². The van der Waals surface area contributed by atoms with Crippen LogP contribution in [0.5, 0.6) is 0 Å². The second kappa shape index (κ2) is 7.41.